The van der Waals surface area contributed by atoms with Gasteiger partial charge in [-0.05, 0) is 40.0 Å². The smallest absolute Gasteiger partial charge is 0.220 e. The molecule has 0 aliphatic carbocycles. The Balaban J connectivity index is 1.59. The Labute approximate surface area is 141 Å². The van der Waals surface area contributed by atoms with Crippen LogP contribution >= 0.6 is 0 Å². The van der Waals surface area contributed by atoms with Crippen LogP contribution in [-0.4, -0.2) is 25.8 Å². The monoisotopic (exact) mass is 331 g/mol. The first-order valence-corrected chi connectivity index (χ1v) is 8.69. The van der Waals surface area contributed by atoms with Crippen LogP contribution in [-0.2, 0) is 24.2 Å². The number of nitrogens with one attached hydrogen (secondary N) is 1. The highest BCUT2D eigenvalue weighted by atomic mass is 16.5. The molecule has 0 spiro atoms. The molecule has 130 valence electrons. The van der Waals surface area contributed by atoms with Gasteiger partial charge in [-0.2, -0.15) is 0 Å². The normalized spacial score (nSPS) is 15.6. The van der Waals surface area contributed by atoms with Crippen molar-refractivity contribution in [2.45, 2.75) is 71.9 Å². The highest BCUT2D eigenvalue weighted by Gasteiger charge is 2.21. The number of fused-ring (bicyclic) bond motifs is 1. The van der Waals surface area contributed by atoms with Gasteiger partial charge < -0.3 is 14.4 Å². The minimum absolute atomic E-state index is 0.00784. The van der Waals surface area contributed by atoms with Crippen molar-refractivity contribution < 1.29 is 9.32 Å². The van der Waals surface area contributed by atoms with E-state index in [1.54, 1.807) is 0 Å². The van der Waals surface area contributed by atoms with E-state index >= 15 is 0 Å². The fourth-order valence-corrected chi connectivity index (χ4v) is 3.30. The summed E-state index contributed by atoms with van der Waals surface area (Å²) < 4.78 is 7.31. The van der Waals surface area contributed by atoms with Crippen LogP contribution in [0.2, 0.25) is 0 Å². The third-order valence-corrected chi connectivity index (χ3v) is 4.69. The Morgan fingerprint density at radius 1 is 1.29 bits per heavy atom. The first-order chi connectivity index (χ1) is 11.6. The highest BCUT2D eigenvalue weighted by molar-refractivity contribution is 5.76. The lowest BCUT2D eigenvalue weighted by atomic mass is 10.1. The van der Waals surface area contributed by atoms with Gasteiger partial charge in [-0.1, -0.05) is 11.6 Å². The van der Waals surface area contributed by atoms with Gasteiger partial charge in [0.15, 0.2) is 5.82 Å². The van der Waals surface area contributed by atoms with Crippen LogP contribution < -0.4 is 5.32 Å². The summed E-state index contributed by atoms with van der Waals surface area (Å²) in [4.78, 5) is 12.3. The second-order valence-corrected chi connectivity index (χ2v) is 6.53. The number of carbonyl (C=O) groups is 1. The summed E-state index contributed by atoms with van der Waals surface area (Å²) in [6.45, 7) is 6.69. The Kier molecular flexibility index (Phi) is 4.97. The molecule has 0 fully saturated rings. The minimum atomic E-state index is -0.137. The molecule has 1 atom stereocenters. The van der Waals surface area contributed by atoms with Crippen LogP contribution in [0.1, 0.15) is 67.3 Å². The molecule has 1 aliphatic rings. The van der Waals surface area contributed by atoms with Gasteiger partial charge in [-0.3, -0.25) is 4.79 Å². The molecule has 24 heavy (non-hydrogen) atoms. The van der Waals surface area contributed by atoms with Gasteiger partial charge in [0.2, 0.25) is 5.91 Å². The van der Waals surface area contributed by atoms with Gasteiger partial charge in [0.25, 0.3) is 0 Å². The van der Waals surface area contributed by atoms with Gasteiger partial charge in [-0.15, -0.1) is 10.2 Å². The van der Waals surface area contributed by atoms with E-state index in [0.717, 1.165) is 54.5 Å². The lowest BCUT2D eigenvalue weighted by Crippen LogP contribution is -2.29. The maximum absolute atomic E-state index is 12.3. The first kappa shape index (κ1) is 16.7. The quantitative estimate of drug-likeness (QED) is 0.909. The van der Waals surface area contributed by atoms with Crippen LogP contribution in [0.25, 0.3) is 0 Å². The summed E-state index contributed by atoms with van der Waals surface area (Å²) in [6, 6.07) is -0.137. The maximum atomic E-state index is 12.3. The molecule has 1 N–H and O–H groups in total. The van der Waals surface area contributed by atoms with E-state index in [0.29, 0.717) is 12.8 Å². The number of nitrogens with zero attached hydrogens (tertiary/aromatic N) is 4. The van der Waals surface area contributed by atoms with Crippen LogP contribution in [0.3, 0.4) is 0 Å². The summed E-state index contributed by atoms with van der Waals surface area (Å²) >= 11 is 0. The van der Waals surface area contributed by atoms with Crippen molar-refractivity contribution in [1.82, 2.24) is 25.2 Å². The number of aryl methyl sites for hydroxylation is 3. The van der Waals surface area contributed by atoms with E-state index in [2.05, 4.69) is 25.2 Å². The number of rotatable bonds is 5. The third kappa shape index (κ3) is 3.49. The average Bonchev–Trinajstić information content (AvgIpc) is 3.00. The molecule has 2 aromatic heterocycles. The third-order valence-electron chi connectivity index (χ3n) is 4.69. The second-order valence-electron chi connectivity index (χ2n) is 6.53. The largest absolute Gasteiger partial charge is 0.361 e. The second kappa shape index (κ2) is 7.15. The van der Waals surface area contributed by atoms with E-state index in [1.165, 1.54) is 6.42 Å². The molecule has 3 heterocycles. The van der Waals surface area contributed by atoms with Crippen molar-refractivity contribution >= 4 is 5.91 Å². The lowest BCUT2D eigenvalue weighted by Gasteiger charge is -2.15. The standard InChI is InChI=1S/C17H25N5O2/c1-11-14(13(3)24-21-11)8-9-16(23)18-12(2)17-20-19-15-7-5-4-6-10-22(15)17/h12H,4-10H2,1-3H3,(H,18,23)/t12-/m1/s1. The van der Waals surface area contributed by atoms with Crippen LogP contribution in [0.15, 0.2) is 4.52 Å². The van der Waals surface area contributed by atoms with Gasteiger partial charge >= 0.3 is 0 Å². The van der Waals surface area contributed by atoms with Crippen LogP contribution in [0.5, 0.6) is 0 Å². The lowest BCUT2D eigenvalue weighted by molar-refractivity contribution is -0.121. The van der Waals surface area contributed by atoms with Crippen molar-refractivity contribution in [3.63, 3.8) is 0 Å². The van der Waals surface area contributed by atoms with Crippen molar-refractivity contribution in [2.24, 2.45) is 0 Å². The highest BCUT2D eigenvalue weighted by Crippen LogP contribution is 2.19. The van der Waals surface area contributed by atoms with Gasteiger partial charge in [0, 0.05) is 24.9 Å². The molecular formula is C17H25N5O2. The topological polar surface area (TPSA) is 85.8 Å². The maximum Gasteiger partial charge on any atom is 0.220 e. The number of aromatic nitrogens is 4. The van der Waals surface area contributed by atoms with E-state index in [-0.39, 0.29) is 11.9 Å². The van der Waals surface area contributed by atoms with Crippen molar-refractivity contribution in [1.29, 1.82) is 0 Å². The minimum Gasteiger partial charge on any atom is -0.361 e. The molecule has 2 aromatic rings. The molecule has 1 aliphatic heterocycles. The number of carbonyl (C=O) groups excluding carboxylic acids is 1. The molecule has 1 amide bonds. The average molecular weight is 331 g/mol. The van der Waals surface area contributed by atoms with E-state index < -0.39 is 0 Å². The Morgan fingerprint density at radius 3 is 2.88 bits per heavy atom. The molecule has 0 radical (unpaired) electrons. The molecule has 0 unspecified atom stereocenters. The first-order valence-electron chi connectivity index (χ1n) is 8.69. The van der Waals surface area contributed by atoms with E-state index in [9.17, 15) is 4.79 Å². The van der Waals surface area contributed by atoms with Gasteiger partial charge in [0.1, 0.15) is 11.6 Å². The summed E-state index contributed by atoms with van der Waals surface area (Å²) in [7, 11) is 0. The van der Waals surface area contributed by atoms with Crippen molar-refractivity contribution in [3.05, 3.63) is 28.7 Å². The molecule has 0 bridgehead atoms. The number of hydrogen-bond donors (Lipinski definition) is 1. The Bertz CT molecular complexity index is 699. The molecule has 7 heteroatoms. The Morgan fingerprint density at radius 2 is 2.12 bits per heavy atom. The molecule has 0 saturated carbocycles. The SMILES string of the molecule is Cc1noc(C)c1CCC(=O)N[C@H](C)c1nnc2n1CCCCC2. The van der Waals surface area contributed by atoms with Crippen molar-refractivity contribution in [2.75, 3.05) is 0 Å². The van der Waals surface area contributed by atoms with Gasteiger partial charge in [0.05, 0.1) is 11.7 Å². The summed E-state index contributed by atoms with van der Waals surface area (Å²) in [6.07, 6.45) is 5.55. The predicted octanol–water partition coefficient (Wildman–Crippen LogP) is 2.42. The van der Waals surface area contributed by atoms with Crippen molar-refractivity contribution in [3.8, 4) is 0 Å². The van der Waals surface area contributed by atoms with Crippen LogP contribution in [0.4, 0.5) is 0 Å². The van der Waals surface area contributed by atoms with E-state index in [4.69, 9.17) is 4.52 Å². The fraction of sp³-hybridized carbons (Fsp3) is 0.647. The zero-order chi connectivity index (χ0) is 17.1. The molecule has 3 rings (SSSR count). The Hall–Kier alpha value is -2.18. The summed E-state index contributed by atoms with van der Waals surface area (Å²) in [5, 5.41) is 15.6. The zero-order valence-electron chi connectivity index (χ0n) is 14.6. The van der Waals surface area contributed by atoms with Gasteiger partial charge in [-0.25, -0.2) is 0 Å². The summed E-state index contributed by atoms with van der Waals surface area (Å²) in [5.41, 5.74) is 1.88. The fourth-order valence-electron chi connectivity index (χ4n) is 3.30. The predicted molar refractivity (Wildman–Crippen MR) is 88.4 cm³/mol. The zero-order valence-corrected chi connectivity index (χ0v) is 14.6. The van der Waals surface area contributed by atoms with Crippen LogP contribution in [0, 0.1) is 13.8 Å². The molecule has 0 saturated heterocycles. The molecule has 0 aromatic carbocycles. The molecular weight excluding hydrogens is 306 g/mol. The number of amides is 1. The number of hydrogen-bond acceptors (Lipinski definition) is 5. The molecule has 7 nitrogen and oxygen atoms in total. The van der Waals surface area contributed by atoms with E-state index in [1.807, 2.05) is 20.8 Å². The summed E-state index contributed by atoms with van der Waals surface area (Å²) in [5.74, 6) is 2.70.